The number of hydrogen-bond donors (Lipinski definition) is 4. The number of anilines is 2. The van der Waals surface area contributed by atoms with Gasteiger partial charge in [-0.15, -0.1) is 0 Å². The lowest BCUT2D eigenvalue weighted by atomic mass is 9.76. The number of likely N-dealkylation sites (N-methyl/N-ethyl adjacent to an activating group) is 2. The quantitative estimate of drug-likeness (QED) is 0.0766. The molecular weight excluding hydrogens is 913 g/mol. The van der Waals surface area contributed by atoms with E-state index in [4.69, 9.17) is 10.5 Å². The van der Waals surface area contributed by atoms with Crippen LogP contribution in [0.4, 0.5) is 11.4 Å². The Morgan fingerprint density at radius 3 is 1.16 bits per heavy atom. The predicted molar refractivity (Wildman–Crippen MR) is 287 cm³/mol. The highest BCUT2D eigenvalue weighted by Gasteiger charge is 2.49. The van der Waals surface area contributed by atoms with Gasteiger partial charge in [0, 0.05) is 63.9 Å². The molecule has 2 heterocycles. The van der Waals surface area contributed by atoms with E-state index >= 15 is 0 Å². The molecule has 0 saturated heterocycles. The van der Waals surface area contributed by atoms with Gasteiger partial charge in [-0.05, 0) is 151 Å². The van der Waals surface area contributed by atoms with E-state index in [9.17, 15) is 19.8 Å². The van der Waals surface area contributed by atoms with Crippen LogP contribution < -0.4 is 9.80 Å². The zero-order chi connectivity index (χ0) is 52.5. The van der Waals surface area contributed by atoms with Gasteiger partial charge >= 0.3 is 0 Å². The number of hydrogen-bond acceptors (Lipinski definition) is 10. The molecule has 11 rings (SSSR count). The molecule has 7 aliphatic rings. The van der Waals surface area contributed by atoms with Crippen molar-refractivity contribution in [3.05, 3.63) is 197 Å². The van der Waals surface area contributed by atoms with Crippen LogP contribution in [0.2, 0.25) is 0 Å². The van der Waals surface area contributed by atoms with Gasteiger partial charge in [0.15, 0.2) is 0 Å². The molecule has 0 fully saturated rings. The maximum Gasteiger partial charge on any atom is 0.200 e. The number of aliphatic hydroxyl groups is 2. The summed E-state index contributed by atoms with van der Waals surface area (Å²) in [4.78, 5) is 41.3. The first-order valence-corrected chi connectivity index (χ1v) is 25.1. The molecule has 4 aromatic carbocycles. The highest BCUT2D eigenvalue weighted by molar-refractivity contribution is 6.22. The van der Waals surface area contributed by atoms with E-state index in [-0.39, 0.29) is 41.7 Å². The van der Waals surface area contributed by atoms with Crippen molar-refractivity contribution in [2.24, 2.45) is 0 Å². The molecule has 4 N–H and O–H groups in total. The van der Waals surface area contributed by atoms with Crippen LogP contribution in [0.3, 0.4) is 0 Å². The number of allylic oxidation sites excluding steroid dienone is 14. The molecule has 5 aliphatic carbocycles. The summed E-state index contributed by atoms with van der Waals surface area (Å²) in [6.45, 7) is 25.9. The van der Waals surface area contributed by atoms with Gasteiger partial charge in [0.25, 0.3) is 0 Å². The van der Waals surface area contributed by atoms with Crippen molar-refractivity contribution in [2.75, 3.05) is 23.9 Å². The first-order chi connectivity index (χ1) is 34.2. The minimum Gasteiger partial charge on any atom is -0.506 e. The van der Waals surface area contributed by atoms with Gasteiger partial charge in [0.05, 0.1) is 22.3 Å². The second-order valence-corrected chi connectivity index (χ2v) is 23.8. The molecule has 4 aromatic rings. The Morgan fingerprint density at radius 2 is 0.822 bits per heavy atom. The Hall–Kier alpha value is -6.82. The van der Waals surface area contributed by atoms with Crippen molar-refractivity contribution < 1.29 is 40.1 Å². The number of benzene rings is 4. The highest BCUT2D eigenvalue weighted by atomic mass is 17.1. The number of carbonyl (C=O) groups excluding carboxylic acids is 2. The Balaban J connectivity index is 0.901. The number of ketones is 2. The lowest BCUT2D eigenvalue weighted by Gasteiger charge is -2.28. The summed E-state index contributed by atoms with van der Waals surface area (Å²) in [5.74, 6) is -0.395. The van der Waals surface area contributed by atoms with Crippen molar-refractivity contribution in [2.45, 2.75) is 123 Å². The molecule has 0 saturated carbocycles. The number of rotatable bonds is 8. The van der Waals surface area contributed by atoms with Crippen LogP contribution in [-0.2, 0) is 59.7 Å². The fourth-order valence-corrected chi connectivity index (χ4v) is 13.6. The standard InChI is InChI=1S/C63H64N2O8/c1-31-35-17-15-33(29-72-70)19-45(35)59(3,4)43(31)23-39-55(66)41(56(39)67)25-53-62(9,10)49-21-37-38-22-50-52(28-48(38)61(7,8)47(37)27-51(49)64(53)13)65(14)54(63(50,11)12)26-42-57(68)40(58(42)69)24-44-32(2)36-18-16-34(30-73-71)20-46(36)60(44,5)6/h15-28,66,68,70-71H,29-30H2,1-14H3/b39-23?,40-24?,53-25-,54-26-. The highest BCUT2D eigenvalue weighted by Crippen LogP contribution is 2.60. The van der Waals surface area contributed by atoms with Gasteiger partial charge in [-0.3, -0.25) is 20.1 Å². The summed E-state index contributed by atoms with van der Waals surface area (Å²) >= 11 is 0. The zero-order valence-corrected chi connectivity index (χ0v) is 44.3. The fourth-order valence-electron chi connectivity index (χ4n) is 13.6. The number of fused-ring (bicyclic) bond motifs is 7. The molecule has 2 aliphatic heterocycles. The first-order valence-electron chi connectivity index (χ1n) is 25.1. The minimum atomic E-state index is -0.514. The third kappa shape index (κ3) is 6.43. The molecule has 0 atom stereocenters. The molecule has 0 bridgehead atoms. The molecular formula is C63H64N2O8. The summed E-state index contributed by atoms with van der Waals surface area (Å²) in [7, 11) is 4.08. The van der Waals surface area contributed by atoms with E-state index in [2.05, 4.69) is 113 Å². The molecule has 0 aromatic heterocycles. The molecule has 10 nitrogen and oxygen atoms in total. The molecule has 0 amide bonds. The van der Waals surface area contributed by atoms with Gasteiger partial charge < -0.3 is 20.0 Å². The van der Waals surface area contributed by atoms with E-state index < -0.39 is 21.7 Å². The summed E-state index contributed by atoms with van der Waals surface area (Å²) in [6.07, 6.45) is 7.43. The lowest BCUT2D eigenvalue weighted by molar-refractivity contribution is -0.253. The second kappa shape index (κ2) is 15.6. The van der Waals surface area contributed by atoms with Crippen LogP contribution in [-0.4, -0.2) is 46.4 Å². The number of Topliss-reactive ketones (excluding diaryl/α,β-unsaturated/α-hetero) is 2. The average Bonchev–Trinajstić information content (AvgIpc) is 3.90. The smallest absolute Gasteiger partial charge is 0.200 e. The zero-order valence-electron chi connectivity index (χ0n) is 44.3. The van der Waals surface area contributed by atoms with Crippen LogP contribution in [0.25, 0.3) is 22.3 Å². The Bertz CT molecular complexity index is 3320. The van der Waals surface area contributed by atoms with E-state index in [0.717, 1.165) is 101 Å². The van der Waals surface area contributed by atoms with Gasteiger partial charge in [0.2, 0.25) is 11.6 Å². The van der Waals surface area contributed by atoms with E-state index in [1.165, 1.54) is 11.1 Å². The summed E-state index contributed by atoms with van der Waals surface area (Å²) in [6, 6.07) is 21.2. The van der Waals surface area contributed by atoms with Crippen molar-refractivity contribution in [1.82, 2.24) is 0 Å². The normalized spacial score (nSPS) is 23.3. The third-order valence-electron chi connectivity index (χ3n) is 18.1. The lowest BCUT2D eigenvalue weighted by Crippen LogP contribution is -2.27. The van der Waals surface area contributed by atoms with Gasteiger partial charge in [0.1, 0.15) is 24.7 Å². The fraction of sp³-hybridized carbons (Fsp3) is 0.333. The Morgan fingerprint density at radius 1 is 0.466 bits per heavy atom. The SMILES string of the molecule is CC1=C(C=C2C(=O)C(/C=C3\N(C)c4cc5c(cc4C3(C)C)-c3cc4c(cc3C5(C)C)N(C)/C(=C\C3=C(O)C(=CC5=C(C)c6ccc(COO)cc6C5(C)C)C3=O)C4(C)C)=C2O)C(C)(C)c2cc(COO)ccc21. The third-order valence-corrected chi connectivity index (χ3v) is 18.1. The van der Waals surface area contributed by atoms with Crippen LogP contribution in [0.5, 0.6) is 0 Å². The molecule has 374 valence electrons. The predicted octanol–water partition coefficient (Wildman–Crippen LogP) is 13.4. The van der Waals surface area contributed by atoms with E-state index in [1.54, 1.807) is 0 Å². The maximum atomic E-state index is 14.1. The second-order valence-electron chi connectivity index (χ2n) is 23.8. The monoisotopic (exact) mass is 976 g/mol. The largest absolute Gasteiger partial charge is 0.506 e. The van der Waals surface area contributed by atoms with Crippen LogP contribution in [0.1, 0.15) is 139 Å². The number of nitrogens with zero attached hydrogens (tertiary/aromatic N) is 2. The summed E-state index contributed by atoms with van der Waals surface area (Å²) in [5.41, 5.74) is 19.9. The van der Waals surface area contributed by atoms with Crippen LogP contribution >= 0.6 is 0 Å². The first kappa shape index (κ1) is 48.4. The maximum absolute atomic E-state index is 14.1. The van der Waals surface area contributed by atoms with Crippen molar-refractivity contribution in [3.63, 3.8) is 0 Å². The minimum absolute atomic E-state index is 0.00494. The van der Waals surface area contributed by atoms with Gasteiger partial charge in [-0.1, -0.05) is 106 Å². The molecule has 0 unspecified atom stereocenters. The Labute approximate surface area is 427 Å². The van der Waals surface area contributed by atoms with Crippen molar-refractivity contribution >= 4 is 34.1 Å². The average molecular weight is 977 g/mol. The van der Waals surface area contributed by atoms with E-state index in [0.29, 0.717) is 22.3 Å². The topological polar surface area (TPSA) is 140 Å². The van der Waals surface area contributed by atoms with Gasteiger partial charge in [-0.2, -0.15) is 0 Å². The van der Waals surface area contributed by atoms with E-state index in [1.807, 2.05) is 88.6 Å². The molecule has 0 radical (unpaired) electrons. The summed E-state index contributed by atoms with van der Waals surface area (Å²) < 4.78 is 0. The molecule has 10 heteroatoms. The Kier molecular flexibility index (Phi) is 10.4. The molecule has 73 heavy (non-hydrogen) atoms. The van der Waals surface area contributed by atoms with Crippen molar-refractivity contribution in [1.29, 1.82) is 0 Å². The van der Waals surface area contributed by atoms with Gasteiger partial charge in [-0.25, -0.2) is 9.78 Å². The summed E-state index contributed by atoms with van der Waals surface area (Å²) in [5, 5.41) is 41.4. The van der Waals surface area contributed by atoms with Crippen LogP contribution in [0, 0.1) is 0 Å². The van der Waals surface area contributed by atoms with Crippen molar-refractivity contribution in [3.8, 4) is 11.1 Å². The van der Waals surface area contributed by atoms with Crippen LogP contribution in [0.15, 0.2) is 141 Å². The molecule has 0 spiro atoms. The number of aliphatic hydroxyl groups excluding tert-OH is 2. The number of carbonyl (C=O) groups is 2.